The third-order valence-electron chi connectivity index (χ3n) is 6.37. The Bertz CT molecular complexity index is 1100. The Kier molecular flexibility index (Phi) is 4.60. The Labute approximate surface area is 175 Å². The molecular formula is C19H19Cl2F2N3O3. The largest absolute Gasteiger partial charge is 0.477 e. The van der Waals surface area contributed by atoms with E-state index in [9.17, 15) is 19.1 Å². The Hall–Kier alpha value is -1.90. The van der Waals surface area contributed by atoms with Crippen molar-refractivity contribution in [2.75, 3.05) is 18.0 Å². The second-order valence-electron chi connectivity index (χ2n) is 8.17. The van der Waals surface area contributed by atoms with E-state index in [0.29, 0.717) is 13.1 Å². The molecular weight excluding hydrogens is 427 g/mol. The number of benzene rings is 1. The molecule has 1 spiro atoms. The molecule has 10 heteroatoms. The molecule has 0 radical (unpaired) electrons. The van der Waals surface area contributed by atoms with E-state index in [0.717, 1.165) is 25.1 Å². The molecule has 3 aliphatic rings. The Morgan fingerprint density at radius 3 is 2.55 bits per heavy atom. The number of aromatic carboxylic acids is 1. The van der Waals surface area contributed by atoms with Crippen molar-refractivity contribution in [3.63, 3.8) is 0 Å². The van der Waals surface area contributed by atoms with Gasteiger partial charge in [0.2, 0.25) is 5.43 Å². The maximum atomic E-state index is 15.0. The van der Waals surface area contributed by atoms with Crippen LogP contribution < -0.4 is 16.1 Å². The van der Waals surface area contributed by atoms with Crippen molar-refractivity contribution in [1.82, 2.24) is 4.57 Å². The molecule has 5 rings (SSSR count). The third-order valence-corrected chi connectivity index (χ3v) is 6.73. The summed E-state index contributed by atoms with van der Waals surface area (Å²) in [5, 5.41) is 9.16. The minimum absolute atomic E-state index is 0. The number of pyridine rings is 1. The van der Waals surface area contributed by atoms with Gasteiger partial charge in [-0.1, -0.05) is 11.6 Å². The third kappa shape index (κ3) is 2.92. The Morgan fingerprint density at radius 2 is 2.03 bits per heavy atom. The Morgan fingerprint density at radius 1 is 1.38 bits per heavy atom. The summed E-state index contributed by atoms with van der Waals surface area (Å²) in [5.74, 6) is -2.15. The zero-order valence-electron chi connectivity index (χ0n) is 15.2. The topological polar surface area (TPSA) is 88.6 Å². The maximum Gasteiger partial charge on any atom is 0.341 e. The Balaban J connectivity index is 0.00000205. The van der Waals surface area contributed by atoms with Gasteiger partial charge in [-0.2, -0.15) is 0 Å². The molecule has 3 N–H and O–H groups in total. The number of aromatic nitrogens is 1. The van der Waals surface area contributed by atoms with Crippen LogP contribution in [0.15, 0.2) is 17.1 Å². The summed E-state index contributed by atoms with van der Waals surface area (Å²) in [7, 11) is 0. The molecule has 2 aliphatic carbocycles. The number of rotatable bonds is 3. The van der Waals surface area contributed by atoms with Gasteiger partial charge in [-0.05, 0) is 18.9 Å². The van der Waals surface area contributed by atoms with E-state index in [-0.39, 0.29) is 51.9 Å². The van der Waals surface area contributed by atoms with Crippen LogP contribution in [0.25, 0.3) is 10.9 Å². The summed E-state index contributed by atoms with van der Waals surface area (Å²) in [6.07, 6.45) is 2.11. The first-order valence-corrected chi connectivity index (χ1v) is 9.56. The standard InChI is InChI=1S/C19H18ClF2N3O3.ClH/c20-14-15-8(17(26)9(18(27)28)5-25(15)12-4-10(12)21)3-11(22)16(14)24-6-13(23)19(7-24)1-2-19;/h3,5,10,12-13H,1-2,4,6-7,23H2,(H,27,28);1H/t10-,12-,13+;/m0./s1. The molecule has 2 heterocycles. The van der Waals surface area contributed by atoms with E-state index < -0.39 is 35.0 Å². The number of carboxylic acid groups (broad SMARTS) is 1. The van der Waals surface area contributed by atoms with Gasteiger partial charge in [0.05, 0.1) is 27.7 Å². The minimum atomic E-state index is -1.45. The van der Waals surface area contributed by atoms with E-state index in [2.05, 4.69) is 0 Å². The van der Waals surface area contributed by atoms with Crippen LogP contribution in [-0.2, 0) is 0 Å². The number of fused-ring (bicyclic) bond motifs is 1. The summed E-state index contributed by atoms with van der Waals surface area (Å²) in [5.41, 5.74) is 5.15. The monoisotopic (exact) mass is 445 g/mol. The lowest BCUT2D eigenvalue weighted by atomic mass is 10.0. The summed E-state index contributed by atoms with van der Waals surface area (Å²) < 4.78 is 30.2. The molecule has 29 heavy (non-hydrogen) atoms. The highest BCUT2D eigenvalue weighted by molar-refractivity contribution is 6.38. The summed E-state index contributed by atoms with van der Waals surface area (Å²) in [6, 6.07) is 0.308. The smallest absolute Gasteiger partial charge is 0.341 e. The predicted octanol–water partition coefficient (Wildman–Crippen LogP) is 3.12. The molecule has 1 saturated heterocycles. The van der Waals surface area contributed by atoms with Crippen molar-refractivity contribution in [1.29, 1.82) is 0 Å². The first-order valence-electron chi connectivity index (χ1n) is 9.18. The first-order chi connectivity index (χ1) is 13.2. The number of halogens is 4. The number of anilines is 1. The van der Waals surface area contributed by atoms with Gasteiger partial charge in [0.25, 0.3) is 0 Å². The maximum absolute atomic E-state index is 15.0. The normalized spacial score (nSPS) is 26.6. The van der Waals surface area contributed by atoms with Gasteiger partial charge in [-0.25, -0.2) is 13.6 Å². The highest BCUT2D eigenvalue weighted by Gasteiger charge is 2.54. The van der Waals surface area contributed by atoms with Gasteiger partial charge in [0, 0.05) is 37.2 Å². The molecule has 3 fully saturated rings. The first kappa shape index (κ1) is 20.4. The van der Waals surface area contributed by atoms with Gasteiger partial charge in [0.15, 0.2) is 0 Å². The number of alkyl halides is 1. The summed E-state index contributed by atoms with van der Waals surface area (Å²) >= 11 is 6.56. The second kappa shape index (κ2) is 6.55. The van der Waals surface area contributed by atoms with Crippen LogP contribution in [0.4, 0.5) is 14.5 Å². The average Bonchev–Trinajstić information content (AvgIpc) is 3.51. The van der Waals surface area contributed by atoms with Gasteiger partial charge in [0.1, 0.15) is 17.6 Å². The van der Waals surface area contributed by atoms with Crippen molar-refractivity contribution in [3.05, 3.63) is 38.9 Å². The van der Waals surface area contributed by atoms with Crippen LogP contribution in [0, 0.1) is 11.2 Å². The fourth-order valence-electron chi connectivity index (χ4n) is 4.43. The van der Waals surface area contributed by atoms with Crippen LogP contribution in [0.5, 0.6) is 0 Å². The molecule has 1 aromatic heterocycles. The van der Waals surface area contributed by atoms with Gasteiger partial charge < -0.3 is 20.3 Å². The van der Waals surface area contributed by atoms with Crippen LogP contribution in [-0.4, -0.2) is 40.9 Å². The van der Waals surface area contributed by atoms with Crippen molar-refractivity contribution in [2.45, 2.75) is 37.5 Å². The van der Waals surface area contributed by atoms with E-state index >= 15 is 4.39 Å². The van der Waals surface area contributed by atoms with Gasteiger partial charge in [-0.3, -0.25) is 4.79 Å². The molecule has 156 valence electrons. The van der Waals surface area contributed by atoms with Crippen molar-refractivity contribution in [2.24, 2.45) is 11.1 Å². The molecule has 2 aromatic rings. The van der Waals surface area contributed by atoms with E-state index in [1.807, 2.05) is 0 Å². The van der Waals surface area contributed by atoms with Gasteiger partial charge >= 0.3 is 5.97 Å². The lowest BCUT2D eigenvalue weighted by molar-refractivity contribution is 0.0694. The highest BCUT2D eigenvalue weighted by atomic mass is 35.5. The van der Waals surface area contributed by atoms with E-state index in [1.165, 1.54) is 4.57 Å². The van der Waals surface area contributed by atoms with Crippen LogP contribution >= 0.6 is 24.0 Å². The van der Waals surface area contributed by atoms with E-state index in [1.54, 1.807) is 4.90 Å². The minimum Gasteiger partial charge on any atom is -0.477 e. The molecule has 3 atom stereocenters. The van der Waals surface area contributed by atoms with Crippen LogP contribution in [0.1, 0.15) is 35.7 Å². The SMILES string of the molecule is Cl.N[C@@H]1CN(c2c(F)cc3c(=O)c(C(=O)O)cn([C@H]4C[C@@H]4F)c3c2Cl)CC12CC2. The summed E-state index contributed by atoms with van der Waals surface area (Å²) in [6.45, 7) is 1.01. The second-order valence-corrected chi connectivity index (χ2v) is 8.55. The van der Waals surface area contributed by atoms with E-state index in [4.69, 9.17) is 17.3 Å². The lowest BCUT2D eigenvalue weighted by Gasteiger charge is -2.23. The zero-order chi connectivity index (χ0) is 20.0. The molecule has 1 aliphatic heterocycles. The van der Waals surface area contributed by atoms with Crippen molar-refractivity contribution >= 4 is 46.6 Å². The quantitative estimate of drug-likeness (QED) is 0.757. The summed E-state index contributed by atoms with van der Waals surface area (Å²) in [4.78, 5) is 25.8. The number of carbonyl (C=O) groups is 1. The molecule has 1 aromatic carbocycles. The lowest BCUT2D eigenvalue weighted by Crippen LogP contribution is -2.30. The van der Waals surface area contributed by atoms with Crippen molar-refractivity contribution in [3.8, 4) is 0 Å². The number of hydrogen-bond donors (Lipinski definition) is 2. The molecule has 0 bridgehead atoms. The van der Waals surface area contributed by atoms with Crippen molar-refractivity contribution < 1.29 is 18.7 Å². The fraction of sp³-hybridized carbons (Fsp3) is 0.474. The van der Waals surface area contributed by atoms with Gasteiger partial charge in [-0.15, -0.1) is 12.4 Å². The predicted molar refractivity (Wildman–Crippen MR) is 108 cm³/mol. The zero-order valence-corrected chi connectivity index (χ0v) is 16.8. The molecule has 0 unspecified atom stereocenters. The number of nitrogens with two attached hydrogens (primary N) is 1. The molecule has 6 nitrogen and oxygen atoms in total. The number of carboxylic acids is 1. The van der Waals surface area contributed by atoms with Crippen LogP contribution in [0.3, 0.4) is 0 Å². The number of hydrogen-bond acceptors (Lipinski definition) is 4. The molecule has 2 saturated carbocycles. The highest BCUT2D eigenvalue weighted by Crippen LogP contribution is 2.54. The fourth-order valence-corrected chi connectivity index (χ4v) is 4.84. The van der Waals surface area contributed by atoms with Crippen LogP contribution in [0.2, 0.25) is 5.02 Å². The number of nitrogens with zero attached hydrogens (tertiary/aromatic N) is 2. The average molecular weight is 446 g/mol. The molecule has 0 amide bonds.